The molecule has 7 nitrogen and oxygen atoms in total. The Hall–Kier alpha value is -2.29. The minimum atomic E-state index is -1.59. The molecule has 9 heteroatoms. The van der Waals surface area contributed by atoms with Gasteiger partial charge in [0.05, 0.1) is 0 Å². The van der Waals surface area contributed by atoms with Crippen LogP contribution < -0.4 is 5.32 Å². The van der Waals surface area contributed by atoms with Crippen molar-refractivity contribution in [1.29, 1.82) is 0 Å². The van der Waals surface area contributed by atoms with E-state index in [-0.39, 0.29) is 25.1 Å². The SMILES string of the molecule is O=C(O)CNC(=O)C1C(=O)CCN(Cc2ccc(Br)cc2F)C1=O. The third-order valence-corrected chi connectivity index (χ3v) is 4.05. The van der Waals surface area contributed by atoms with E-state index in [9.17, 15) is 23.6 Å². The first-order valence-electron chi connectivity index (χ1n) is 7.04. The zero-order valence-electron chi connectivity index (χ0n) is 12.4. The number of likely N-dealkylation sites (tertiary alicyclic amines) is 1. The fourth-order valence-electron chi connectivity index (χ4n) is 2.36. The number of ketones is 1. The summed E-state index contributed by atoms with van der Waals surface area (Å²) in [6.45, 7) is -0.680. The number of carboxylic acids is 1. The molecule has 0 aromatic heterocycles. The molecule has 0 spiro atoms. The number of nitrogens with one attached hydrogen (secondary N) is 1. The van der Waals surface area contributed by atoms with Crippen molar-refractivity contribution in [3.63, 3.8) is 0 Å². The van der Waals surface area contributed by atoms with Gasteiger partial charge in [0.2, 0.25) is 11.8 Å². The molecule has 0 aliphatic carbocycles. The first kappa shape index (κ1) is 18.1. The van der Waals surface area contributed by atoms with E-state index < -0.39 is 41.8 Å². The van der Waals surface area contributed by atoms with Crippen LogP contribution in [0.25, 0.3) is 0 Å². The van der Waals surface area contributed by atoms with Gasteiger partial charge in [0.15, 0.2) is 11.7 Å². The second-order valence-corrected chi connectivity index (χ2v) is 6.17. The molecule has 1 saturated heterocycles. The first-order chi connectivity index (χ1) is 11.3. The molecule has 2 amide bonds. The first-order valence-corrected chi connectivity index (χ1v) is 7.84. The zero-order chi connectivity index (χ0) is 17.9. The molecule has 0 bridgehead atoms. The topological polar surface area (TPSA) is 104 Å². The van der Waals surface area contributed by atoms with Crippen molar-refractivity contribution in [1.82, 2.24) is 10.2 Å². The Labute approximate surface area is 144 Å². The largest absolute Gasteiger partial charge is 0.480 e. The highest BCUT2D eigenvalue weighted by atomic mass is 79.9. The number of carboxylic acid groups (broad SMARTS) is 1. The van der Waals surface area contributed by atoms with E-state index in [4.69, 9.17) is 5.11 Å². The van der Waals surface area contributed by atoms with E-state index in [1.54, 1.807) is 6.07 Å². The summed E-state index contributed by atoms with van der Waals surface area (Å²) in [5.74, 6) is -5.66. The van der Waals surface area contributed by atoms with Crippen LogP contribution in [-0.4, -0.2) is 46.7 Å². The van der Waals surface area contributed by atoms with Crippen LogP contribution in [0.2, 0.25) is 0 Å². The number of rotatable bonds is 5. The average Bonchev–Trinajstić information content (AvgIpc) is 2.50. The summed E-state index contributed by atoms with van der Waals surface area (Å²) in [5.41, 5.74) is 0.255. The molecule has 1 aliphatic heterocycles. The monoisotopic (exact) mass is 400 g/mol. The Kier molecular flexibility index (Phi) is 5.66. The molecule has 1 unspecified atom stereocenters. The molecule has 128 valence electrons. The molecule has 2 N–H and O–H groups in total. The molecule has 1 atom stereocenters. The van der Waals surface area contributed by atoms with Crippen molar-refractivity contribution in [2.45, 2.75) is 13.0 Å². The van der Waals surface area contributed by atoms with Gasteiger partial charge in [-0.3, -0.25) is 19.2 Å². The minimum absolute atomic E-state index is 0.0466. The average molecular weight is 401 g/mol. The van der Waals surface area contributed by atoms with Crippen molar-refractivity contribution in [3.8, 4) is 0 Å². The van der Waals surface area contributed by atoms with Gasteiger partial charge in [0.1, 0.15) is 12.4 Å². The quantitative estimate of drug-likeness (QED) is 0.708. The molecule has 1 aromatic rings. The molecular formula is C15H14BrFN2O5. The van der Waals surface area contributed by atoms with E-state index in [2.05, 4.69) is 15.9 Å². The Morgan fingerprint density at radius 1 is 1.38 bits per heavy atom. The Morgan fingerprint density at radius 3 is 2.71 bits per heavy atom. The zero-order valence-corrected chi connectivity index (χ0v) is 14.0. The van der Waals surface area contributed by atoms with Crippen LogP contribution in [0.15, 0.2) is 22.7 Å². The van der Waals surface area contributed by atoms with Crippen LogP contribution in [0.5, 0.6) is 0 Å². The van der Waals surface area contributed by atoms with E-state index in [0.717, 1.165) is 0 Å². The Morgan fingerprint density at radius 2 is 2.08 bits per heavy atom. The molecule has 2 rings (SSSR count). The molecule has 1 heterocycles. The van der Waals surface area contributed by atoms with Gasteiger partial charge in [-0.25, -0.2) is 4.39 Å². The van der Waals surface area contributed by atoms with Crippen molar-refractivity contribution < 1.29 is 28.7 Å². The number of hydrogen-bond acceptors (Lipinski definition) is 4. The maximum Gasteiger partial charge on any atom is 0.322 e. The standard InChI is InChI=1S/C15H14BrFN2O5/c16-9-2-1-8(10(17)5-9)7-19-4-3-11(20)13(15(19)24)14(23)18-6-12(21)22/h1-2,5,13H,3-4,6-7H2,(H,18,23)(H,21,22). The number of carbonyl (C=O) groups excluding carboxylic acids is 3. The number of aliphatic carboxylic acids is 1. The van der Waals surface area contributed by atoms with Gasteiger partial charge in [-0.05, 0) is 12.1 Å². The molecule has 1 aromatic carbocycles. The Balaban J connectivity index is 2.12. The summed E-state index contributed by atoms with van der Waals surface area (Å²) in [4.78, 5) is 47.8. The van der Waals surface area contributed by atoms with Gasteiger partial charge >= 0.3 is 5.97 Å². The van der Waals surface area contributed by atoms with Crippen LogP contribution in [0.1, 0.15) is 12.0 Å². The van der Waals surface area contributed by atoms with E-state index in [1.807, 2.05) is 5.32 Å². The van der Waals surface area contributed by atoms with Crippen LogP contribution in [-0.2, 0) is 25.7 Å². The van der Waals surface area contributed by atoms with Crippen molar-refractivity contribution in [2.75, 3.05) is 13.1 Å². The number of benzene rings is 1. The predicted molar refractivity (Wildman–Crippen MR) is 83.3 cm³/mol. The van der Waals surface area contributed by atoms with Gasteiger partial charge in [0.25, 0.3) is 0 Å². The molecule has 1 aliphatic rings. The summed E-state index contributed by atoms with van der Waals surface area (Å²) < 4.78 is 14.4. The van der Waals surface area contributed by atoms with E-state index >= 15 is 0 Å². The van der Waals surface area contributed by atoms with Crippen molar-refractivity contribution >= 4 is 39.5 Å². The van der Waals surface area contributed by atoms with Gasteiger partial charge in [-0.15, -0.1) is 0 Å². The van der Waals surface area contributed by atoms with Gasteiger partial charge in [-0.2, -0.15) is 0 Å². The maximum atomic E-state index is 13.9. The molecule has 24 heavy (non-hydrogen) atoms. The summed E-state index contributed by atoms with van der Waals surface area (Å²) >= 11 is 3.13. The highest BCUT2D eigenvalue weighted by molar-refractivity contribution is 9.10. The van der Waals surface area contributed by atoms with Crippen molar-refractivity contribution in [3.05, 3.63) is 34.1 Å². The van der Waals surface area contributed by atoms with E-state index in [1.165, 1.54) is 17.0 Å². The van der Waals surface area contributed by atoms with Crippen LogP contribution in [0.3, 0.4) is 0 Å². The molecule has 0 saturated carbocycles. The second-order valence-electron chi connectivity index (χ2n) is 5.26. The number of carbonyl (C=O) groups is 4. The Bertz CT molecular complexity index is 709. The highest BCUT2D eigenvalue weighted by Gasteiger charge is 2.40. The van der Waals surface area contributed by atoms with Crippen LogP contribution >= 0.6 is 15.9 Å². The van der Waals surface area contributed by atoms with Crippen LogP contribution in [0.4, 0.5) is 4.39 Å². The lowest BCUT2D eigenvalue weighted by atomic mass is 9.94. The lowest BCUT2D eigenvalue weighted by Crippen LogP contribution is -2.52. The summed E-state index contributed by atoms with van der Waals surface area (Å²) in [7, 11) is 0. The number of Topliss-reactive ketones (excluding diaryl/α,β-unsaturated/α-hetero) is 1. The summed E-state index contributed by atoms with van der Waals surface area (Å²) in [6.07, 6.45) is -0.0466. The molecule has 0 radical (unpaired) electrons. The second kappa shape index (κ2) is 7.52. The third kappa shape index (κ3) is 4.16. The van der Waals surface area contributed by atoms with E-state index in [0.29, 0.717) is 4.47 Å². The maximum absolute atomic E-state index is 13.9. The number of piperidine rings is 1. The predicted octanol–water partition coefficient (Wildman–Crippen LogP) is 0.707. The smallest absolute Gasteiger partial charge is 0.322 e. The number of nitrogens with zero attached hydrogens (tertiary/aromatic N) is 1. The van der Waals surface area contributed by atoms with Gasteiger partial charge < -0.3 is 15.3 Å². The minimum Gasteiger partial charge on any atom is -0.480 e. The highest BCUT2D eigenvalue weighted by Crippen LogP contribution is 2.21. The molecule has 1 fully saturated rings. The van der Waals surface area contributed by atoms with Crippen molar-refractivity contribution in [2.24, 2.45) is 5.92 Å². The third-order valence-electron chi connectivity index (χ3n) is 3.56. The normalized spacial score (nSPS) is 17.8. The summed E-state index contributed by atoms with van der Waals surface area (Å²) in [6, 6.07) is 4.38. The number of halogens is 2. The fourth-order valence-corrected chi connectivity index (χ4v) is 2.69. The van der Waals surface area contributed by atoms with Crippen LogP contribution in [0, 0.1) is 11.7 Å². The summed E-state index contributed by atoms with van der Waals surface area (Å²) in [5, 5.41) is 10.6. The van der Waals surface area contributed by atoms with Gasteiger partial charge in [0, 0.05) is 29.5 Å². The lowest BCUT2D eigenvalue weighted by Gasteiger charge is -2.30. The van der Waals surface area contributed by atoms with Gasteiger partial charge in [-0.1, -0.05) is 22.0 Å². The lowest BCUT2D eigenvalue weighted by molar-refractivity contribution is -0.152. The fraction of sp³-hybridized carbons (Fsp3) is 0.333. The number of amides is 2. The number of hydrogen-bond donors (Lipinski definition) is 2. The molecular weight excluding hydrogens is 387 g/mol.